The summed E-state index contributed by atoms with van der Waals surface area (Å²) in [6.45, 7) is 7.91. The molecule has 0 aromatic carbocycles. The lowest BCUT2D eigenvalue weighted by atomic mass is 10.1. The second-order valence-corrected chi connectivity index (χ2v) is 4.63. The van der Waals surface area contributed by atoms with Crippen LogP contribution in [0.4, 0.5) is 0 Å². The monoisotopic (exact) mass is 226 g/mol. The van der Waals surface area contributed by atoms with E-state index in [1.54, 1.807) is 0 Å². The van der Waals surface area contributed by atoms with Gasteiger partial charge < -0.3 is 5.32 Å². The van der Waals surface area contributed by atoms with Crippen molar-refractivity contribution in [1.82, 2.24) is 10.2 Å². The summed E-state index contributed by atoms with van der Waals surface area (Å²) in [4.78, 5) is 25.0. The summed E-state index contributed by atoms with van der Waals surface area (Å²) < 4.78 is 0. The van der Waals surface area contributed by atoms with Crippen LogP contribution >= 0.6 is 0 Å². The molecule has 4 heteroatoms. The van der Waals surface area contributed by atoms with Crippen LogP contribution in [0, 0.1) is 0 Å². The quantitative estimate of drug-likeness (QED) is 0.719. The predicted octanol–water partition coefficient (Wildman–Crippen LogP) is 1.30. The molecule has 0 aliphatic carbocycles. The zero-order valence-electron chi connectivity index (χ0n) is 10.6. The van der Waals surface area contributed by atoms with E-state index in [1.165, 1.54) is 4.90 Å². The number of nitrogens with one attached hydrogen (secondary N) is 1. The van der Waals surface area contributed by atoms with Crippen LogP contribution < -0.4 is 5.32 Å². The molecule has 1 saturated heterocycles. The van der Waals surface area contributed by atoms with Crippen LogP contribution in [0.3, 0.4) is 0 Å². The Kier molecular flexibility index (Phi) is 4.47. The summed E-state index contributed by atoms with van der Waals surface area (Å²) in [6.07, 6.45) is 2.28. The highest BCUT2D eigenvalue weighted by Crippen LogP contribution is 2.17. The Bertz CT molecular complexity index is 272. The van der Waals surface area contributed by atoms with E-state index >= 15 is 0 Å². The minimum Gasteiger partial charge on any atom is -0.303 e. The first kappa shape index (κ1) is 13.2. The summed E-state index contributed by atoms with van der Waals surface area (Å²) in [6, 6.07) is -0.0119. The number of nitrogens with zero attached hydrogens (tertiary/aromatic N) is 1. The molecule has 0 spiro atoms. The van der Waals surface area contributed by atoms with Gasteiger partial charge in [-0.05, 0) is 26.7 Å². The van der Waals surface area contributed by atoms with E-state index in [0.717, 1.165) is 12.8 Å². The van der Waals surface area contributed by atoms with Gasteiger partial charge >= 0.3 is 0 Å². The van der Waals surface area contributed by atoms with Gasteiger partial charge in [-0.3, -0.25) is 14.5 Å². The van der Waals surface area contributed by atoms with Crippen LogP contribution in [0.5, 0.6) is 0 Å². The molecule has 1 aliphatic heterocycles. The van der Waals surface area contributed by atoms with Crippen molar-refractivity contribution in [1.29, 1.82) is 0 Å². The maximum Gasteiger partial charge on any atom is 0.247 e. The van der Waals surface area contributed by atoms with Crippen molar-refractivity contribution >= 4 is 11.8 Å². The summed E-state index contributed by atoms with van der Waals surface area (Å²) in [5.41, 5.74) is 0. The van der Waals surface area contributed by atoms with E-state index < -0.39 is 0 Å². The third-order valence-corrected chi connectivity index (χ3v) is 3.12. The van der Waals surface area contributed by atoms with Gasteiger partial charge in [0, 0.05) is 12.1 Å². The van der Waals surface area contributed by atoms with E-state index in [9.17, 15) is 9.59 Å². The second-order valence-electron chi connectivity index (χ2n) is 4.63. The first-order chi connectivity index (χ1) is 7.51. The molecule has 4 nitrogen and oxygen atoms in total. The molecule has 1 N–H and O–H groups in total. The number of likely N-dealkylation sites (tertiary alicyclic amines) is 1. The lowest BCUT2D eigenvalue weighted by Gasteiger charge is -2.21. The fourth-order valence-electron chi connectivity index (χ4n) is 2.13. The molecule has 1 fully saturated rings. The SMILES string of the molecule is CCC(CC)NC1CC(=O)N(C(C)C)C1=O. The van der Waals surface area contributed by atoms with Gasteiger partial charge in [0.15, 0.2) is 0 Å². The van der Waals surface area contributed by atoms with Crippen molar-refractivity contribution in [2.24, 2.45) is 0 Å². The van der Waals surface area contributed by atoms with Crippen LogP contribution in [-0.2, 0) is 9.59 Å². The van der Waals surface area contributed by atoms with E-state index in [1.807, 2.05) is 13.8 Å². The molecule has 0 aromatic rings. The van der Waals surface area contributed by atoms with Gasteiger partial charge in [0.2, 0.25) is 11.8 Å². The lowest BCUT2D eigenvalue weighted by molar-refractivity contribution is -0.140. The number of imide groups is 1. The Balaban J connectivity index is 2.65. The zero-order chi connectivity index (χ0) is 12.3. The number of carbonyl (C=O) groups is 2. The molecule has 0 saturated carbocycles. The molecule has 92 valence electrons. The molecule has 1 aliphatic rings. The van der Waals surface area contributed by atoms with Crippen LogP contribution in [0.2, 0.25) is 0 Å². The van der Waals surface area contributed by atoms with E-state index in [2.05, 4.69) is 19.2 Å². The van der Waals surface area contributed by atoms with E-state index in [0.29, 0.717) is 12.5 Å². The Hall–Kier alpha value is -0.900. The van der Waals surface area contributed by atoms with Crippen LogP contribution in [0.15, 0.2) is 0 Å². The first-order valence-electron chi connectivity index (χ1n) is 6.13. The molecule has 1 heterocycles. The highest BCUT2D eigenvalue weighted by Gasteiger charge is 2.40. The molecule has 2 amide bonds. The number of rotatable bonds is 5. The van der Waals surface area contributed by atoms with Gasteiger partial charge in [-0.15, -0.1) is 0 Å². The smallest absolute Gasteiger partial charge is 0.247 e. The molecule has 1 rings (SSSR count). The van der Waals surface area contributed by atoms with Gasteiger partial charge in [-0.25, -0.2) is 0 Å². The fourth-order valence-corrected chi connectivity index (χ4v) is 2.13. The van der Waals surface area contributed by atoms with Crippen molar-refractivity contribution in [2.75, 3.05) is 0 Å². The van der Waals surface area contributed by atoms with Crippen LogP contribution in [0.25, 0.3) is 0 Å². The van der Waals surface area contributed by atoms with Crippen molar-refractivity contribution < 1.29 is 9.59 Å². The maximum atomic E-state index is 12.0. The summed E-state index contributed by atoms with van der Waals surface area (Å²) >= 11 is 0. The van der Waals surface area contributed by atoms with Gasteiger partial charge in [-0.1, -0.05) is 13.8 Å². The molecule has 1 unspecified atom stereocenters. The Labute approximate surface area is 97.4 Å². The fraction of sp³-hybridized carbons (Fsp3) is 0.833. The molecule has 0 radical (unpaired) electrons. The van der Waals surface area contributed by atoms with Crippen LogP contribution in [-0.4, -0.2) is 34.8 Å². The molecule has 0 aromatic heterocycles. The molecule has 16 heavy (non-hydrogen) atoms. The Morgan fingerprint density at radius 2 is 1.88 bits per heavy atom. The molecule has 0 bridgehead atoms. The van der Waals surface area contributed by atoms with E-state index in [4.69, 9.17) is 0 Å². The summed E-state index contributed by atoms with van der Waals surface area (Å²) in [5, 5.41) is 3.27. The average molecular weight is 226 g/mol. The molecular formula is C12H22N2O2. The maximum absolute atomic E-state index is 12.0. The van der Waals surface area contributed by atoms with Gasteiger partial charge in [-0.2, -0.15) is 0 Å². The predicted molar refractivity (Wildman–Crippen MR) is 62.9 cm³/mol. The Morgan fingerprint density at radius 1 is 1.31 bits per heavy atom. The average Bonchev–Trinajstić information content (AvgIpc) is 2.50. The summed E-state index contributed by atoms with van der Waals surface area (Å²) in [5.74, 6) is -0.115. The van der Waals surface area contributed by atoms with Crippen LogP contribution in [0.1, 0.15) is 47.0 Å². The van der Waals surface area contributed by atoms with Gasteiger partial charge in [0.25, 0.3) is 0 Å². The molecular weight excluding hydrogens is 204 g/mol. The number of hydrogen-bond donors (Lipinski definition) is 1. The number of hydrogen-bond acceptors (Lipinski definition) is 3. The first-order valence-corrected chi connectivity index (χ1v) is 6.13. The van der Waals surface area contributed by atoms with Crippen molar-refractivity contribution in [3.05, 3.63) is 0 Å². The van der Waals surface area contributed by atoms with Crippen molar-refractivity contribution in [3.8, 4) is 0 Å². The third kappa shape index (κ3) is 2.61. The second kappa shape index (κ2) is 5.43. The topological polar surface area (TPSA) is 49.4 Å². The standard InChI is InChI=1S/C12H22N2O2/c1-5-9(6-2)13-10-7-11(15)14(8(3)4)12(10)16/h8-10,13H,5-7H2,1-4H3. The normalized spacial score (nSPS) is 21.6. The lowest BCUT2D eigenvalue weighted by Crippen LogP contribution is -2.45. The van der Waals surface area contributed by atoms with Gasteiger partial charge in [0.05, 0.1) is 12.5 Å². The largest absolute Gasteiger partial charge is 0.303 e. The highest BCUT2D eigenvalue weighted by molar-refractivity contribution is 6.05. The van der Waals surface area contributed by atoms with Crippen molar-refractivity contribution in [2.45, 2.75) is 65.1 Å². The minimum absolute atomic E-state index is 0.0338. The highest BCUT2D eigenvalue weighted by atomic mass is 16.2. The number of carbonyl (C=O) groups excluding carboxylic acids is 2. The Morgan fingerprint density at radius 3 is 2.25 bits per heavy atom. The zero-order valence-corrected chi connectivity index (χ0v) is 10.6. The van der Waals surface area contributed by atoms with Crippen molar-refractivity contribution in [3.63, 3.8) is 0 Å². The summed E-state index contributed by atoms with van der Waals surface area (Å²) in [7, 11) is 0. The van der Waals surface area contributed by atoms with E-state index in [-0.39, 0.29) is 23.9 Å². The minimum atomic E-state index is -0.306. The van der Waals surface area contributed by atoms with Gasteiger partial charge in [0.1, 0.15) is 0 Å². The molecule has 1 atom stereocenters. The third-order valence-electron chi connectivity index (χ3n) is 3.12. The number of amides is 2.